The van der Waals surface area contributed by atoms with Gasteiger partial charge in [0.25, 0.3) is 0 Å². The summed E-state index contributed by atoms with van der Waals surface area (Å²) in [6.45, 7) is 2.29. The highest BCUT2D eigenvalue weighted by Crippen LogP contribution is 2.31. The van der Waals surface area contributed by atoms with E-state index in [9.17, 15) is 4.79 Å². The molecule has 4 rings (SSSR count). The molecule has 138 valence electrons. The second-order valence-electron chi connectivity index (χ2n) is 6.85. The van der Waals surface area contributed by atoms with Crippen LogP contribution in [0.3, 0.4) is 0 Å². The van der Waals surface area contributed by atoms with Crippen LogP contribution in [0.1, 0.15) is 42.6 Å². The van der Waals surface area contributed by atoms with Crippen LogP contribution in [-0.4, -0.2) is 20.7 Å². The van der Waals surface area contributed by atoms with Crippen molar-refractivity contribution in [1.82, 2.24) is 20.1 Å². The van der Waals surface area contributed by atoms with Crippen LogP contribution in [-0.2, 0) is 17.8 Å². The highest BCUT2D eigenvalue weighted by molar-refractivity contribution is 5.88. The molecule has 0 fully saturated rings. The Labute approximate surface area is 158 Å². The Morgan fingerprint density at radius 1 is 1.22 bits per heavy atom. The number of carbonyl (C=O) groups is 1. The lowest BCUT2D eigenvalue weighted by Crippen LogP contribution is -2.25. The van der Waals surface area contributed by atoms with Crippen molar-refractivity contribution in [2.24, 2.45) is 0 Å². The summed E-state index contributed by atoms with van der Waals surface area (Å²) >= 11 is 0. The summed E-state index contributed by atoms with van der Waals surface area (Å²) in [6.07, 6.45) is 7.03. The second kappa shape index (κ2) is 7.72. The van der Waals surface area contributed by atoms with Crippen LogP contribution >= 0.6 is 0 Å². The first-order valence-electron chi connectivity index (χ1n) is 9.29. The lowest BCUT2D eigenvalue weighted by Gasteiger charge is -2.24. The fraction of sp³-hybridized carbons (Fsp3) is 0.286. The maximum absolute atomic E-state index is 11.1. The Morgan fingerprint density at radius 2 is 2.07 bits per heavy atom. The molecule has 1 atom stereocenters. The van der Waals surface area contributed by atoms with Gasteiger partial charge in [-0.3, -0.25) is 4.79 Å². The molecule has 27 heavy (non-hydrogen) atoms. The van der Waals surface area contributed by atoms with Gasteiger partial charge in [-0.15, -0.1) is 0 Å². The third-order valence-electron chi connectivity index (χ3n) is 4.88. The number of hydrogen-bond donors (Lipinski definition) is 2. The second-order valence-corrected chi connectivity index (χ2v) is 6.85. The zero-order valence-electron chi connectivity index (χ0n) is 15.4. The van der Waals surface area contributed by atoms with Crippen LogP contribution in [0.4, 0.5) is 5.69 Å². The Bertz CT molecular complexity index is 918. The molecule has 0 saturated carbocycles. The van der Waals surface area contributed by atoms with E-state index in [0.29, 0.717) is 6.04 Å². The Hall–Kier alpha value is -2.99. The highest BCUT2D eigenvalue weighted by Gasteiger charge is 2.24. The monoisotopic (exact) mass is 361 g/mol. The number of rotatable bonds is 5. The highest BCUT2D eigenvalue weighted by atomic mass is 16.1. The zero-order valence-corrected chi connectivity index (χ0v) is 15.4. The summed E-state index contributed by atoms with van der Waals surface area (Å²) in [5.41, 5.74) is 4.52. The molecule has 3 aromatic rings. The minimum Gasteiger partial charge on any atom is -0.326 e. The predicted molar refractivity (Wildman–Crippen MR) is 105 cm³/mol. The van der Waals surface area contributed by atoms with Crippen LogP contribution in [0.15, 0.2) is 54.9 Å². The van der Waals surface area contributed by atoms with E-state index in [1.807, 2.05) is 53.3 Å². The van der Waals surface area contributed by atoms with Crippen LogP contribution in [0.2, 0.25) is 0 Å². The molecule has 1 aromatic carbocycles. The van der Waals surface area contributed by atoms with Gasteiger partial charge in [0.15, 0.2) is 5.82 Å². The van der Waals surface area contributed by atoms with Crippen LogP contribution < -0.4 is 10.6 Å². The van der Waals surface area contributed by atoms with Crippen molar-refractivity contribution in [2.45, 2.75) is 38.8 Å². The molecular weight excluding hydrogens is 338 g/mol. The molecule has 2 aromatic heterocycles. The number of anilines is 1. The van der Waals surface area contributed by atoms with Crippen molar-refractivity contribution < 1.29 is 4.79 Å². The molecule has 6 heteroatoms. The van der Waals surface area contributed by atoms with Gasteiger partial charge in [0.1, 0.15) is 0 Å². The normalized spacial score (nSPS) is 16.0. The van der Waals surface area contributed by atoms with Crippen molar-refractivity contribution >= 4 is 11.6 Å². The Morgan fingerprint density at radius 3 is 2.81 bits per heavy atom. The molecule has 1 aliphatic rings. The van der Waals surface area contributed by atoms with Gasteiger partial charge in [-0.25, -0.2) is 9.67 Å². The zero-order chi connectivity index (χ0) is 18.6. The number of fused-ring (bicyclic) bond motifs is 1. The molecule has 0 aliphatic heterocycles. The van der Waals surface area contributed by atoms with E-state index in [2.05, 4.69) is 20.7 Å². The topological polar surface area (TPSA) is 71.8 Å². The van der Waals surface area contributed by atoms with Crippen LogP contribution in [0, 0.1) is 0 Å². The average molecular weight is 361 g/mol. The van der Waals surface area contributed by atoms with Crippen molar-refractivity contribution in [3.05, 3.63) is 71.7 Å². The number of amides is 1. The maximum Gasteiger partial charge on any atom is 0.221 e. The van der Waals surface area contributed by atoms with Gasteiger partial charge in [-0.2, -0.15) is 5.10 Å². The molecule has 0 spiro atoms. The first-order valence-corrected chi connectivity index (χ1v) is 9.29. The molecule has 0 unspecified atom stereocenters. The van der Waals surface area contributed by atoms with Gasteiger partial charge in [0.2, 0.25) is 5.91 Å². The fourth-order valence-electron chi connectivity index (χ4n) is 3.60. The number of nitrogens with zero attached hydrogens (tertiary/aromatic N) is 3. The largest absolute Gasteiger partial charge is 0.326 e. The van der Waals surface area contributed by atoms with E-state index in [-0.39, 0.29) is 5.91 Å². The molecule has 0 saturated heterocycles. The summed E-state index contributed by atoms with van der Waals surface area (Å²) in [6, 6.07) is 14.1. The number of benzene rings is 1. The molecular formula is C21H23N5O. The number of pyridine rings is 1. The molecule has 1 amide bonds. The van der Waals surface area contributed by atoms with Gasteiger partial charge >= 0.3 is 0 Å². The van der Waals surface area contributed by atoms with Gasteiger partial charge in [0.05, 0.1) is 11.9 Å². The minimum absolute atomic E-state index is 0.0551. The Kier molecular flexibility index (Phi) is 4.98. The summed E-state index contributed by atoms with van der Waals surface area (Å²) in [5.74, 6) is 0.813. The standard InChI is InChI=1S/C21H23N5O/c1-15(27)25-17-10-8-16(9-11-17)13-23-19-5-4-6-20-18(19)14-24-26(20)21-7-2-3-12-22-21/h2-3,7-12,14,19,23H,4-6,13H2,1H3,(H,25,27)/t19-/m1/s1. The van der Waals surface area contributed by atoms with Crippen molar-refractivity contribution in [1.29, 1.82) is 0 Å². The van der Waals surface area contributed by atoms with E-state index in [1.165, 1.54) is 23.7 Å². The first-order chi connectivity index (χ1) is 13.2. The fourth-order valence-corrected chi connectivity index (χ4v) is 3.60. The first kappa shape index (κ1) is 17.4. The van der Waals surface area contributed by atoms with Crippen molar-refractivity contribution in [2.75, 3.05) is 5.32 Å². The molecule has 2 N–H and O–H groups in total. The SMILES string of the molecule is CC(=O)Nc1ccc(CN[C@@H]2CCCc3c2cnn3-c2ccccn2)cc1. The number of hydrogen-bond acceptors (Lipinski definition) is 4. The van der Waals surface area contributed by atoms with E-state index < -0.39 is 0 Å². The van der Waals surface area contributed by atoms with E-state index in [1.54, 1.807) is 6.20 Å². The van der Waals surface area contributed by atoms with Crippen LogP contribution in [0.5, 0.6) is 0 Å². The van der Waals surface area contributed by atoms with Gasteiger partial charge in [-0.1, -0.05) is 18.2 Å². The number of nitrogens with one attached hydrogen (secondary N) is 2. The molecule has 0 radical (unpaired) electrons. The smallest absolute Gasteiger partial charge is 0.221 e. The van der Waals surface area contributed by atoms with Gasteiger partial charge in [0, 0.05) is 37.0 Å². The Balaban J connectivity index is 1.46. The van der Waals surface area contributed by atoms with E-state index in [0.717, 1.165) is 37.3 Å². The molecule has 1 aliphatic carbocycles. The molecule has 6 nitrogen and oxygen atoms in total. The van der Waals surface area contributed by atoms with Gasteiger partial charge in [-0.05, 0) is 49.1 Å². The van der Waals surface area contributed by atoms with Gasteiger partial charge < -0.3 is 10.6 Å². The van der Waals surface area contributed by atoms with E-state index in [4.69, 9.17) is 0 Å². The molecule has 2 heterocycles. The minimum atomic E-state index is -0.0551. The maximum atomic E-state index is 11.1. The van der Waals surface area contributed by atoms with Crippen LogP contribution in [0.25, 0.3) is 5.82 Å². The lowest BCUT2D eigenvalue weighted by atomic mass is 9.92. The summed E-state index contributed by atoms with van der Waals surface area (Å²) in [4.78, 5) is 15.5. The van der Waals surface area contributed by atoms with E-state index >= 15 is 0 Å². The van der Waals surface area contributed by atoms with Crippen molar-refractivity contribution in [3.8, 4) is 5.82 Å². The van der Waals surface area contributed by atoms with Crippen molar-refractivity contribution in [3.63, 3.8) is 0 Å². The summed E-state index contributed by atoms with van der Waals surface area (Å²) in [5, 5.41) is 11.0. The number of aromatic nitrogens is 3. The third-order valence-corrected chi connectivity index (χ3v) is 4.88. The number of carbonyl (C=O) groups excluding carboxylic acids is 1. The lowest BCUT2D eigenvalue weighted by molar-refractivity contribution is -0.114. The summed E-state index contributed by atoms with van der Waals surface area (Å²) in [7, 11) is 0. The predicted octanol–water partition coefficient (Wildman–Crippen LogP) is 3.39. The quantitative estimate of drug-likeness (QED) is 0.731. The molecule has 0 bridgehead atoms. The average Bonchev–Trinajstić information content (AvgIpc) is 3.12. The third kappa shape index (κ3) is 3.90. The summed E-state index contributed by atoms with van der Waals surface area (Å²) < 4.78 is 1.96.